The van der Waals surface area contributed by atoms with E-state index in [1.807, 2.05) is 0 Å². The quantitative estimate of drug-likeness (QED) is 0.706. The van der Waals surface area contributed by atoms with Gasteiger partial charge < -0.3 is 14.6 Å². The molecule has 0 amide bonds. The predicted molar refractivity (Wildman–Crippen MR) is 72.8 cm³/mol. The second-order valence-electron chi connectivity index (χ2n) is 5.31. The summed E-state index contributed by atoms with van der Waals surface area (Å²) in [5, 5.41) is 10.3. The Morgan fingerprint density at radius 2 is 1.89 bits per heavy atom. The minimum absolute atomic E-state index is 0.205. The van der Waals surface area contributed by atoms with E-state index in [1.165, 1.54) is 12.8 Å². The summed E-state index contributed by atoms with van der Waals surface area (Å²) in [5.74, 6) is 0. The van der Waals surface area contributed by atoms with Crippen LogP contribution in [0.1, 0.15) is 39.0 Å². The zero-order valence-electron chi connectivity index (χ0n) is 12.1. The van der Waals surface area contributed by atoms with Crippen LogP contribution in [0.5, 0.6) is 0 Å². The highest BCUT2D eigenvalue weighted by molar-refractivity contribution is 4.84. The standard InChI is InChI=1S/C14H29NO3/c1-12(11-18-3)15(9-10-17-2)13-7-5-4-6-8-14(13)16/h12-14,16H,4-11H2,1-3H3. The van der Waals surface area contributed by atoms with Gasteiger partial charge in [-0.2, -0.15) is 0 Å². The molecule has 3 unspecified atom stereocenters. The molecule has 0 aromatic rings. The lowest BCUT2D eigenvalue weighted by atomic mass is 10.0. The lowest BCUT2D eigenvalue weighted by molar-refractivity contribution is -0.00970. The molecule has 0 aromatic carbocycles. The zero-order chi connectivity index (χ0) is 13.4. The molecule has 0 heterocycles. The molecular formula is C14H29NO3. The second kappa shape index (κ2) is 8.86. The molecule has 1 aliphatic rings. The molecular weight excluding hydrogens is 230 g/mol. The summed E-state index contributed by atoms with van der Waals surface area (Å²) < 4.78 is 10.5. The summed E-state index contributed by atoms with van der Waals surface area (Å²) in [4.78, 5) is 2.36. The van der Waals surface area contributed by atoms with Gasteiger partial charge in [0.2, 0.25) is 0 Å². The Labute approximate surface area is 111 Å². The van der Waals surface area contributed by atoms with Crippen molar-refractivity contribution >= 4 is 0 Å². The molecule has 0 aromatic heterocycles. The molecule has 1 N–H and O–H groups in total. The van der Waals surface area contributed by atoms with Crippen LogP contribution in [-0.4, -0.2) is 62.2 Å². The Morgan fingerprint density at radius 1 is 1.17 bits per heavy atom. The van der Waals surface area contributed by atoms with Crippen molar-refractivity contribution in [2.24, 2.45) is 0 Å². The first-order chi connectivity index (χ1) is 8.70. The van der Waals surface area contributed by atoms with Crippen LogP contribution in [0.15, 0.2) is 0 Å². The van der Waals surface area contributed by atoms with Crippen LogP contribution in [0, 0.1) is 0 Å². The average molecular weight is 259 g/mol. The minimum Gasteiger partial charge on any atom is -0.391 e. The maximum Gasteiger partial charge on any atom is 0.0695 e. The Hall–Kier alpha value is -0.160. The van der Waals surface area contributed by atoms with Gasteiger partial charge in [0, 0.05) is 32.8 Å². The van der Waals surface area contributed by atoms with Gasteiger partial charge in [0.25, 0.3) is 0 Å². The van der Waals surface area contributed by atoms with Gasteiger partial charge in [0.1, 0.15) is 0 Å². The van der Waals surface area contributed by atoms with Crippen molar-refractivity contribution in [3.05, 3.63) is 0 Å². The van der Waals surface area contributed by atoms with E-state index in [1.54, 1.807) is 14.2 Å². The minimum atomic E-state index is -0.205. The first-order valence-electron chi connectivity index (χ1n) is 7.12. The van der Waals surface area contributed by atoms with E-state index in [0.717, 1.165) is 25.8 Å². The molecule has 1 aliphatic carbocycles. The maximum atomic E-state index is 10.3. The van der Waals surface area contributed by atoms with Crippen LogP contribution < -0.4 is 0 Å². The third-order valence-electron chi connectivity index (χ3n) is 3.90. The molecule has 0 aliphatic heterocycles. The number of hydrogen-bond acceptors (Lipinski definition) is 4. The average Bonchev–Trinajstić information content (AvgIpc) is 2.56. The second-order valence-corrected chi connectivity index (χ2v) is 5.31. The van der Waals surface area contributed by atoms with Crippen LogP contribution in [0.3, 0.4) is 0 Å². The van der Waals surface area contributed by atoms with E-state index < -0.39 is 0 Å². The highest BCUT2D eigenvalue weighted by atomic mass is 16.5. The van der Waals surface area contributed by atoms with Crippen molar-refractivity contribution in [1.82, 2.24) is 4.90 Å². The summed E-state index contributed by atoms with van der Waals surface area (Å²) in [6, 6.07) is 0.579. The normalized spacial score (nSPS) is 27.2. The lowest BCUT2D eigenvalue weighted by Gasteiger charge is -2.38. The van der Waals surface area contributed by atoms with Crippen LogP contribution >= 0.6 is 0 Å². The summed E-state index contributed by atoms with van der Waals surface area (Å²) in [7, 11) is 3.46. The third kappa shape index (κ3) is 4.84. The Bertz CT molecular complexity index is 213. The van der Waals surface area contributed by atoms with Gasteiger partial charge in [-0.3, -0.25) is 4.90 Å². The van der Waals surface area contributed by atoms with Crippen molar-refractivity contribution in [3.8, 4) is 0 Å². The maximum absolute atomic E-state index is 10.3. The topological polar surface area (TPSA) is 41.9 Å². The van der Waals surface area contributed by atoms with E-state index in [-0.39, 0.29) is 12.1 Å². The number of aliphatic hydroxyl groups is 1. The zero-order valence-corrected chi connectivity index (χ0v) is 12.1. The molecule has 4 nitrogen and oxygen atoms in total. The van der Waals surface area contributed by atoms with E-state index in [4.69, 9.17) is 9.47 Å². The van der Waals surface area contributed by atoms with Crippen LogP contribution in [0.25, 0.3) is 0 Å². The van der Waals surface area contributed by atoms with Gasteiger partial charge in [-0.05, 0) is 19.8 Å². The van der Waals surface area contributed by atoms with Gasteiger partial charge in [0.15, 0.2) is 0 Å². The van der Waals surface area contributed by atoms with E-state index in [9.17, 15) is 5.11 Å². The number of methoxy groups -OCH3 is 2. The first-order valence-corrected chi connectivity index (χ1v) is 7.12. The van der Waals surface area contributed by atoms with E-state index in [0.29, 0.717) is 19.3 Å². The van der Waals surface area contributed by atoms with Gasteiger partial charge in [-0.1, -0.05) is 19.3 Å². The first kappa shape index (κ1) is 15.9. The van der Waals surface area contributed by atoms with Crippen LogP contribution in [0.2, 0.25) is 0 Å². The summed E-state index contributed by atoms with van der Waals surface area (Å²) in [5.41, 5.74) is 0. The molecule has 3 atom stereocenters. The largest absolute Gasteiger partial charge is 0.391 e. The Morgan fingerprint density at radius 3 is 2.56 bits per heavy atom. The van der Waals surface area contributed by atoms with Crippen molar-refractivity contribution in [1.29, 1.82) is 0 Å². The van der Waals surface area contributed by atoms with Crippen molar-refractivity contribution in [2.45, 2.75) is 57.2 Å². The molecule has 18 heavy (non-hydrogen) atoms. The molecule has 0 radical (unpaired) electrons. The summed E-state index contributed by atoms with van der Waals surface area (Å²) in [6.45, 7) is 4.43. The highest BCUT2D eigenvalue weighted by Gasteiger charge is 2.30. The monoisotopic (exact) mass is 259 g/mol. The molecule has 0 bridgehead atoms. The number of nitrogens with zero attached hydrogens (tertiary/aromatic N) is 1. The van der Waals surface area contributed by atoms with Crippen molar-refractivity contribution in [3.63, 3.8) is 0 Å². The fourth-order valence-electron chi connectivity index (χ4n) is 2.90. The van der Waals surface area contributed by atoms with E-state index in [2.05, 4.69) is 11.8 Å². The SMILES string of the molecule is COCCN(C(C)COC)C1CCCCCC1O. The predicted octanol–water partition coefficient (Wildman–Crippen LogP) is 1.66. The Balaban J connectivity index is 2.65. The third-order valence-corrected chi connectivity index (χ3v) is 3.90. The van der Waals surface area contributed by atoms with Gasteiger partial charge in [-0.25, -0.2) is 0 Å². The smallest absolute Gasteiger partial charge is 0.0695 e. The van der Waals surface area contributed by atoms with Gasteiger partial charge in [-0.15, -0.1) is 0 Å². The molecule has 4 heteroatoms. The number of ether oxygens (including phenoxy) is 2. The molecule has 0 saturated heterocycles. The highest BCUT2D eigenvalue weighted by Crippen LogP contribution is 2.24. The van der Waals surface area contributed by atoms with Crippen LogP contribution in [0.4, 0.5) is 0 Å². The Kier molecular flexibility index (Phi) is 7.82. The molecule has 108 valence electrons. The van der Waals surface area contributed by atoms with Crippen LogP contribution in [-0.2, 0) is 9.47 Å². The molecule has 0 spiro atoms. The van der Waals surface area contributed by atoms with Crippen molar-refractivity contribution in [2.75, 3.05) is 34.0 Å². The fraction of sp³-hybridized carbons (Fsp3) is 1.00. The van der Waals surface area contributed by atoms with E-state index >= 15 is 0 Å². The lowest BCUT2D eigenvalue weighted by Crippen LogP contribution is -2.50. The summed E-state index contributed by atoms with van der Waals surface area (Å²) in [6.07, 6.45) is 5.40. The number of aliphatic hydroxyl groups excluding tert-OH is 1. The molecule has 1 rings (SSSR count). The number of hydrogen-bond donors (Lipinski definition) is 1. The number of rotatable bonds is 7. The summed E-state index contributed by atoms with van der Waals surface area (Å²) >= 11 is 0. The van der Waals surface area contributed by atoms with Crippen molar-refractivity contribution < 1.29 is 14.6 Å². The molecule has 1 fully saturated rings. The fourth-order valence-corrected chi connectivity index (χ4v) is 2.90. The molecule has 1 saturated carbocycles. The van der Waals surface area contributed by atoms with Gasteiger partial charge >= 0.3 is 0 Å². The van der Waals surface area contributed by atoms with Gasteiger partial charge in [0.05, 0.1) is 19.3 Å².